The van der Waals surface area contributed by atoms with Crippen molar-refractivity contribution in [1.82, 2.24) is 14.5 Å². The maximum atomic E-state index is 12.5. The van der Waals surface area contributed by atoms with Crippen molar-refractivity contribution < 1.29 is 9.72 Å². The Kier molecular flexibility index (Phi) is 4.45. The number of amides is 1. The number of aryl methyl sites for hydroxylation is 1. The second kappa shape index (κ2) is 6.69. The predicted octanol–water partition coefficient (Wildman–Crippen LogP) is 1.77. The van der Waals surface area contributed by atoms with Crippen molar-refractivity contribution in [2.24, 2.45) is 0 Å². The molecule has 1 aromatic heterocycles. The quantitative estimate of drug-likeness (QED) is 0.630. The summed E-state index contributed by atoms with van der Waals surface area (Å²) in [6, 6.07) is 5.75. The predicted molar refractivity (Wildman–Crippen MR) is 89.1 cm³/mol. The minimum atomic E-state index is -0.469. The average molecular weight is 329 g/mol. The highest BCUT2D eigenvalue weighted by Crippen LogP contribution is 2.17. The number of benzene rings is 1. The first-order valence-electron chi connectivity index (χ1n) is 7.90. The largest absolute Gasteiger partial charge is 0.339 e. The third-order valence-corrected chi connectivity index (χ3v) is 4.21. The zero-order chi connectivity index (χ0) is 17.1. The lowest BCUT2D eigenvalue weighted by atomic mass is 10.1. The highest BCUT2D eigenvalue weighted by molar-refractivity contribution is 5.94. The molecule has 0 radical (unpaired) electrons. The molecule has 0 spiro atoms. The van der Waals surface area contributed by atoms with Crippen molar-refractivity contribution in [2.45, 2.75) is 13.5 Å². The fourth-order valence-electron chi connectivity index (χ4n) is 2.85. The Bertz CT molecular complexity index is 732. The van der Waals surface area contributed by atoms with Gasteiger partial charge in [-0.1, -0.05) is 0 Å². The minimum Gasteiger partial charge on any atom is -0.339 e. The van der Waals surface area contributed by atoms with Crippen LogP contribution >= 0.6 is 0 Å². The van der Waals surface area contributed by atoms with Crippen LogP contribution < -0.4 is 4.90 Å². The second-order valence-corrected chi connectivity index (χ2v) is 5.60. The van der Waals surface area contributed by atoms with Gasteiger partial charge in [0, 0.05) is 62.8 Å². The molecule has 2 heterocycles. The SMILES string of the molecule is CCn1ccnc1N1CCN(C(=O)c2ccc([N+](=O)[O-])cc2)CC1. The molecule has 24 heavy (non-hydrogen) atoms. The zero-order valence-corrected chi connectivity index (χ0v) is 13.5. The normalized spacial score (nSPS) is 14.7. The van der Waals surface area contributed by atoms with Gasteiger partial charge in [0.15, 0.2) is 0 Å². The summed E-state index contributed by atoms with van der Waals surface area (Å²) < 4.78 is 2.08. The Morgan fingerprint density at radius 3 is 2.46 bits per heavy atom. The highest BCUT2D eigenvalue weighted by Gasteiger charge is 2.24. The van der Waals surface area contributed by atoms with E-state index in [0.29, 0.717) is 18.7 Å². The van der Waals surface area contributed by atoms with Gasteiger partial charge in [-0.3, -0.25) is 14.9 Å². The summed E-state index contributed by atoms with van der Waals surface area (Å²) >= 11 is 0. The van der Waals surface area contributed by atoms with Crippen molar-refractivity contribution in [3.05, 3.63) is 52.3 Å². The summed E-state index contributed by atoms with van der Waals surface area (Å²) in [5, 5.41) is 10.7. The molecule has 8 nitrogen and oxygen atoms in total. The number of aromatic nitrogens is 2. The standard InChI is InChI=1S/C16H19N5O3/c1-2-18-8-7-17-16(18)20-11-9-19(10-12-20)15(22)13-3-5-14(6-4-13)21(23)24/h3-8H,2,9-12H2,1H3. The van der Waals surface area contributed by atoms with E-state index in [1.54, 1.807) is 11.1 Å². The molecule has 8 heteroatoms. The number of rotatable bonds is 4. The fraction of sp³-hybridized carbons (Fsp3) is 0.375. The lowest BCUT2D eigenvalue weighted by Gasteiger charge is -2.35. The highest BCUT2D eigenvalue weighted by atomic mass is 16.6. The number of anilines is 1. The van der Waals surface area contributed by atoms with E-state index in [1.165, 1.54) is 24.3 Å². The molecule has 1 amide bonds. The fourth-order valence-corrected chi connectivity index (χ4v) is 2.85. The topological polar surface area (TPSA) is 84.5 Å². The van der Waals surface area contributed by atoms with Crippen LogP contribution in [0.2, 0.25) is 0 Å². The Balaban J connectivity index is 1.63. The van der Waals surface area contributed by atoms with Crippen molar-refractivity contribution in [3.8, 4) is 0 Å². The molecule has 2 aromatic rings. The smallest absolute Gasteiger partial charge is 0.269 e. The van der Waals surface area contributed by atoms with Crippen LogP contribution in [0.1, 0.15) is 17.3 Å². The van der Waals surface area contributed by atoms with E-state index in [-0.39, 0.29) is 11.6 Å². The average Bonchev–Trinajstić information content (AvgIpc) is 3.10. The summed E-state index contributed by atoms with van der Waals surface area (Å²) in [6.45, 7) is 5.57. The van der Waals surface area contributed by atoms with Crippen LogP contribution in [0, 0.1) is 10.1 Å². The first-order chi connectivity index (χ1) is 11.6. The molecule has 1 fully saturated rings. The first-order valence-corrected chi connectivity index (χ1v) is 7.90. The van der Waals surface area contributed by atoms with Gasteiger partial charge in [0.25, 0.3) is 11.6 Å². The Morgan fingerprint density at radius 1 is 1.21 bits per heavy atom. The summed E-state index contributed by atoms with van der Waals surface area (Å²) in [4.78, 5) is 31.1. The van der Waals surface area contributed by atoms with E-state index < -0.39 is 4.92 Å². The van der Waals surface area contributed by atoms with Gasteiger partial charge in [-0.25, -0.2) is 4.98 Å². The van der Waals surface area contributed by atoms with Crippen LogP contribution in [0.15, 0.2) is 36.7 Å². The van der Waals surface area contributed by atoms with Gasteiger partial charge in [0.1, 0.15) is 0 Å². The maximum Gasteiger partial charge on any atom is 0.269 e. The molecule has 1 aliphatic heterocycles. The Morgan fingerprint density at radius 2 is 1.88 bits per heavy atom. The van der Waals surface area contributed by atoms with Crippen LogP contribution in [0.3, 0.4) is 0 Å². The van der Waals surface area contributed by atoms with E-state index in [2.05, 4.69) is 21.4 Å². The first kappa shape index (κ1) is 16.0. The van der Waals surface area contributed by atoms with E-state index in [9.17, 15) is 14.9 Å². The third-order valence-electron chi connectivity index (χ3n) is 4.21. The zero-order valence-electron chi connectivity index (χ0n) is 13.5. The number of hydrogen-bond acceptors (Lipinski definition) is 5. The van der Waals surface area contributed by atoms with Crippen molar-refractivity contribution in [1.29, 1.82) is 0 Å². The van der Waals surface area contributed by atoms with E-state index in [0.717, 1.165) is 25.6 Å². The number of nitro groups is 1. The van der Waals surface area contributed by atoms with E-state index in [4.69, 9.17) is 0 Å². The molecule has 0 saturated carbocycles. The molecule has 0 bridgehead atoms. The molecule has 0 N–H and O–H groups in total. The van der Waals surface area contributed by atoms with Gasteiger partial charge in [0.05, 0.1) is 4.92 Å². The van der Waals surface area contributed by atoms with Crippen LogP contribution in [-0.4, -0.2) is 51.5 Å². The minimum absolute atomic E-state index is 0.0113. The molecular formula is C16H19N5O3. The molecule has 1 saturated heterocycles. The van der Waals surface area contributed by atoms with Gasteiger partial charge >= 0.3 is 0 Å². The Hall–Kier alpha value is -2.90. The van der Waals surface area contributed by atoms with Crippen LogP contribution in [0.4, 0.5) is 11.6 Å². The summed E-state index contributed by atoms with van der Waals surface area (Å²) in [5.74, 6) is 0.836. The number of non-ortho nitro benzene ring substituents is 1. The summed E-state index contributed by atoms with van der Waals surface area (Å²) in [6.07, 6.45) is 3.73. The van der Waals surface area contributed by atoms with Crippen LogP contribution in [0.5, 0.6) is 0 Å². The number of hydrogen-bond donors (Lipinski definition) is 0. The molecule has 3 rings (SSSR count). The maximum absolute atomic E-state index is 12.5. The van der Waals surface area contributed by atoms with Gasteiger partial charge in [-0.15, -0.1) is 0 Å². The lowest BCUT2D eigenvalue weighted by molar-refractivity contribution is -0.384. The molecule has 1 aliphatic rings. The number of imidazole rings is 1. The lowest BCUT2D eigenvalue weighted by Crippen LogP contribution is -2.49. The third kappa shape index (κ3) is 3.08. The Labute approximate surface area is 139 Å². The molecule has 1 aromatic carbocycles. The number of carbonyl (C=O) groups excluding carboxylic acids is 1. The van der Waals surface area contributed by atoms with Crippen molar-refractivity contribution in [2.75, 3.05) is 31.1 Å². The van der Waals surface area contributed by atoms with Crippen molar-refractivity contribution >= 4 is 17.5 Å². The van der Waals surface area contributed by atoms with Crippen LogP contribution in [0.25, 0.3) is 0 Å². The molecule has 0 atom stereocenters. The van der Waals surface area contributed by atoms with E-state index >= 15 is 0 Å². The number of carbonyl (C=O) groups is 1. The van der Waals surface area contributed by atoms with Crippen LogP contribution in [-0.2, 0) is 6.54 Å². The second-order valence-electron chi connectivity index (χ2n) is 5.60. The summed E-state index contributed by atoms with van der Waals surface area (Å²) in [7, 11) is 0. The number of nitro benzene ring substituents is 1. The van der Waals surface area contributed by atoms with Gasteiger partial charge < -0.3 is 14.4 Å². The molecule has 0 unspecified atom stereocenters. The molecular weight excluding hydrogens is 310 g/mol. The van der Waals surface area contributed by atoms with Gasteiger partial charge in [0.2, 0.25) is 5.95 Å². The van der Waals surface area contributed by atoms with Crippen molar-refractivity contribution in [3.63, 3.8) is 0 Å². The number of nitrogens with zero attached hydrogens (tertiary/aromatic N) is 5. The molecule has 126 valence electrons. The van der Waals surface area contributed by atoms with E-state index in [1.807, 2.05) is 6.20 Å². The summed E-state index contributed by atoms with van der Waals surface area (Å²) in [5.41, 5.74) is 0.465. The number of piperazine rings is 1. The monoisotopic (exact) mass is 329 g/mol. The van der Waals surface area contributed by atoms with Gasteiger partial charge in [-0.05, 0) is 19.1 Å². The molecule has 0 aliphatic carbocycles. The van der Waals surface area contributed by atoms with Gasteiger partial charge in [-0.2, -0.15) is 0 Å².